The normalized spacial score (nSPS) is 23.6. The summed E-state index contributed by atoms with van der Waals surface area (Å²) in [5.74, 6) is -0.392. The number of halogens is 4. The highest BCUT2D eigenvalue weighted by Gasteiger charge is 2.51. The van der Waals surface area contributed by atoms with Gasteiger partial charge in [0.2, 0.25) is 5.91 Å². The molecule has 3 heterocycles. The zero-order chi connectivity index (χ0) is 25.5. The number of rotatable bonds is 4. The second-order valence-electron chi connectivity index (χ2n) is 10.0. The highest BCUT2D eigenvalue weighted by molar-refractivity contribution is 6.30. The van der Waals surface area contributed by atoms with Crippen molar-refractivity contribution in [3.8, 4) is 0 Å². The number of aromatic nitrogens is 1. The maximum atomic E-state index is 13.7. The third kappa shape index (κ3) is 4.59. The van der Waals surface area contributed by atoms with E-state index in [1.807, 2.05) is 23.1 Å². The number of carbonyl (C=O) groups excluding carboxylic acids is 2. The number of benzene rings is 1. The first-order chi connectivity index (χ1) is 17.2. The Hall–Kier alpha value is -2.65. The van der Waals surface area contributed by atoms with Gasteiger partial charge < -0.3 is 15.5 Å². The topological polar surface area (TPSA) is 74.3 Å². The lowest BCUT2D eigenvalue weighted by molar-refractivity contribution is -0.141. The Morgan fingerprint density at radius 3 is 2.56 bits per heavy atom. The molecule has 0 unspecified atom stereocenters. The van der Waals surface area contributed by atoms with Crippen LogP contribution in [-0.2, 0) is 16.4 Å². The summed E-state index contributed by atoms with van der Waals surface area (Å²) in [7, 11) is 0. The maximum Gasteiger partial charge on any atom is 0.434 e. The number of hydrogen-bond acceptors (Lipinski definition) is 4. The average Bonchev–Trinajstić information content (AvgIpc) is 3.07. The molecule has 1 aliphatic carbocycles. The van der Waals surface area contributed by atoms with E-state index in [4.69, 9.17) is 11.6 Å². The smallest absolute Gasteiger partial charge is 0.349 e. The molecule has 2 fully saturated rings. The van der Waals surface area contributed by atoms with E-state index in [0.29, 0.717) is 19.4 Å². The lowest BCUT2D eigenvalue weighted by Crippen LogP contribution is -2.48. The first-order valence-electron chi connectivity index (χ1n) is 12.3. The van der Waals surface area contributed by atoms with Gasteiger partial charge in [0.15, 0.2) is 5.69 Å². The Kier molecular flexibility index (Phi) is 6.72. The van der Waals surface area contributed by atoms with E-state index in [1.54, 1.807) is 0 Å². The fourth-order valence-corrected chi connectivity index (χ4v) is 6.12. The zero-order valence-corrected chi connectivity index (χ0v) is 20.5. The minimum atomic E-state index is -4.75. The zero-order valence-electron chi connectivity index (χ0n) is 19.7. The van der Waals surface area contributed by atoms with Crippen molar-refractivity contribution in [3.05, 3.63) is 58.4 Å². The van der Waals surface area contributed by atoms with E-state index in [0.717, 1.165) is 62.3 Å². The minimum absolute atomic E-state index is 0.0288. The number of pyridine rings is 1. The summed E-state index contributed by atoms with van der Waals surface area (Å²) in [4.78, 5) is 31.6. The molecule has 36 heavy (non-hydrogen) atoms. The number of carbonyl (C=O) groups is 2. The number of para-hydroxylation sites is 1. The second-order valence-corrected chi connectivity index (χ2v) is 10.4. The van der Waals surface area contributed by atoms with Crippen LogP contribution in [0.4, 0.5) is 18.9 Å². The van der Waals surface area contributed by atoms with Gasteiger partial charge in [0, 0.05) is 24.5 Å². The van der Waals surface area contributed by atoms with Crippen molar-refractivity contribution in [2.45, 2.75) is 56.2 Å². The molecule has 0 radical (unpaired) electrons. The van der Waals surface area contributed by atoms with Gasteiger partial charge in [-0.05, 0) is 75.2 Å². The Morgan fingerprint density at radius 2 is 1.86 bits per heavy atom. The summed E-state index contributed by atoms with van der Waals surface area (Å²) in [6, 6.07) is 8.81. The fraction of sp³-hybridized carbons (Fsp3) is 0.500. The predicted molar refractivity (Wildman–Crippen MR) is 130 cm³/mol. The van der Waals surface area contributed by atoms with Crippen LogP contribution in [0.5, 0.6) is 0 Å². The predicted octanol–water partition coefficient (Wildman–Crippen LogP) is 4.71. The summed E-state index contributed by atoms with van der Waals surface area (Å²) < 4.78 is 39.9. The molecule has 2 N–H and O–H groups in total. The highest BCUT2D eigenvalue weighted by Crippen LogP contribution is 2.47. The van der Waals surface area contributed by atoms with Crippen molar-refractivity contribution in [2.24, 2.45) is 5.92 Å². The van der Waals surface area contributed by atoms with Crippen molar-refractivity contribution in [2.75, 3.05) is 24.5 Å². The van der Waals surface area contributed by atoms with Crippen molar-refractivity contribution in [1.29, 1.82) is 0 Å². The van der Waals surface area contributed by atoms with Crippen LogP contribution in [0.15, 0.2) is 36.5 Å². The number of hydrogen-bond donors (Lipinski definition) is 2. The molecule has 5 rings (SSSR count). The molecular weight excluding hydrogens is 493 g/mol. The van der Waals surface area contributed by atoms with Crippen LogP contribution in [0.3, 0.4) is 0 Å². The van der Waals surface area contributed by atoms with Gasteiger partial charge in [-0.3, -0.25) is 9.59 Å². The molecule has 1 saturated carbocycles. The Balaban J connectivity index is 1.23. The van der Waals surface area contributed by atoms with Crippen molar-refractivity contribution >= 4 is 29.1 Å². The molecule has 1 saturated heterocycles. The summed E-state index contributed by atoms with van der Waals surface area (Å²) in [6.45, 7) is 2.25. The van der Waals surface area contributed by atoms with Crippen LogP contribution in [-0.4, -0.2) is 42.5 Å². The quantitative estimate of drug-likeness (QED) is 0.612. The molecular formula is C26H28ClF3N4O2. The third-order valence-electron chi connectivity index (χ3n) is 7.81. The van der Waals surface area contributed by atoms with Gasteiger partial charge in [-0.1, -0.05) is 29.8 Å². The van der Waals surface area contributed by atoms with Gasteiger partial charge in [-0.2, -0.15) is 13.2 Å². The molecule has 3 aliphatic rings. The van der Waals surface area contributed by atoms with Crippen LogP contribution < -0.4 is 15.5 Å². The monoisotopic (exact) mass is 520 g/mol. The number of alkyl halides is 3. The average molecular weight is 521 g/mol. The summed E-state index contributed by atoms with van der Waals surface area (Å²) in [5, 5.41) is 6.06. The van der Waals surface area contributed by atoms with Crippen LogP contribution in [0.25, 0.3) is 0 Å². The molecule has 6 nitrogen and oxygen atoms in total. The second kappa shape index (κ2) is 9.67. The summed E-state index contributed by atoms with van der Waals surface area (Å²) in [5.41, 5.74) is -0.144. The fourth-order valence-electron chi connectivity index (χ4n) is 5.96. The lowest BCUT2D eigenvalue weighted by atomic mass is 9.74. The maximum absolute atomic E-state index is 13.7. The van der Waals surface area contributed by atoms with E-state index in [9.17, 15) is 22.8 Å². The van der Waals surface area contributed by atoms with Gasteiger partial charge in [-0.25, -0.2) is 4.98 Å². The number of nitrogens with zero attached hydrogens (tertiary/aromatic N) is 2. The SMILES string of the molecule is O=C(NC1CCC(CN2C(=O)C3(CCNCC3)c3ccccc32)CC1)c1cc(Cl)cnc1C(F)(F)F. The number of fused-ring (bicyclic) bond motifs is 2. The highest BCUT2D eigenvalue weighted by atomic mass is 35.5. The van der Waals surface area contributed by atoms with Crippen molar-refractivity contribution < 1.29 is 22.8 Å². The van der Waals surface area contributed by atoms with Gasteiger partial charge in [0.25, 0.3) is 5.91 Å². The molecule has 1 aromatic carbocycles. The van der Waals surface area contributed by atoms with Crippen LogP contribution in [0, 0.1) is 5.92 Å². The largest absolute Gasteiger partial charge is 0.434 e. The molecule has 2 amide bonds. The molecule has 2 aliphatic heterocycles. The van der Waals surface area contributed by atoms with E-state index >= 15 is 0 Å². The van der Waals surface area contributed by atoms with Gasteiger partial charge in [0.1, 0.15) is 0 Å². The minimum Gasteiger partial charge on any atom is -0.349 e. The van der Waals surface area contributed by atoms with Gasteiger partial charge >= 0.3 is 6.18 Å². The van der Waals surface area contributed by atoms with Crippen LogP contribution in [0.1, 0.15) is 60.1 Å². The number of amides is 2. The Bertz CT molecular complexity index is 1160. The Labute approximate surface area is 212 Å². The van der Waals surface area contributed by atoms with E-state index in [-0.39, 0.29) is 22.9 Å². The molecule has 0 atom stereocenters. The van der Waals surface area contributed by atoms with Crippen LogP contribution >= 0.6 is 11.6 Å². The van der Waals surface area contributed by atoms with Crippen molar-refractivity contribution in [3.63, 3.8) is 0 Å². The summed E-state index contributed by atoms with van der Waals surface area (Å²) in [6.07, 6.45) is 0.510. The molecule has 192 valence electrons. The van der Waals surface area contributed by atoms with Crippen molar-refractivity contribution in [1.82, 2.24) is 15.6 Å². The molecule has 1 aromatic heterocycles. The van der Waals surface area contributed by atoms with Gasteiger partial charge in [0.05, 0.1) is 16.0 Å². The summed E-state index contributed by atoms with van der Waals surface area (Å²) >= 11 is 5.81. The number of piperidine rings is 1. The van der Waals surface area contributed by atoms with E-state index in [1.165, 1.54) is 0 Å². The molecule has 1 spiro atoms. The van der Waals surface area contributed by atoms with Crippen LogP contribution in [0.2, 0.25) is 5.02 Å². The molecule has 0 bridgehead atoms. The van der Waals surface area contributed by atoms with E-state index in [2.05, 4.69) is 21.7 Å². The first-order valence-corrected chi connectivity index (χ1v) is 12.7. The first kappa shape index (κ1) is 25.0. The molecule has 2 aromatic rings. The standard InChI is InChI=1S/C26H28ClF3N4O2/c27-17-13-19(22(32-14-17)26(28,29)30)23(35)33-18-7-5-16(6-8-18)15-34-21-4-2-1-3-20(21)25(24(34)36)9-11-31-12-10-25/h1-4,13-14,16,18,31H,5-12,15H2,(H,33,35). The lowest BCUT2D eigenvalue weighted by Gasteiger charge is -2.35. The van der Waals surface area contributed by atoms with Gasteiger partial charge in [-0.15, -0.1) is 0 Å². The molecule has 10 heteroatoms. The number of nitrogens with one attached hydrogen (secondary N) is 2. The number of anilines is 1. The Morgan fingerprint density at radius 1 is 1.17 bits per heavy atom. The third-order valence-corrected chi connectivity index (χ3v) is 8.02. The van der Waals surface area contributed by atoms with E-state index < -0.39 is 28.8 Å².